The third-order valence-electron chi connectivity index (χ3n) is 2.81. The van der Waals surface area contributed by atoms with Gasteiger partial charge in [0, 0.05) is 33.2 Å². The smallest absolute Gasteiger partial charge is 0.231 e. The standard InChI is InChI=1S/C12H24N6/c1-6-13-10-14-11(17(5)7-2)16-12(15-10)18(8-3)9-4/h6-9H2,1-5H3,(H,13,14,15,16). The molecule has 6 heteroatoms. The van der Waals surface area contributed by atoms with E-state index in [9.17, 15) is 0 Å². The zero-order chi connectivity index (χ0) is 13.5. The summed E-state index contributed by atoms with van der Waals surface area (Å²) in [4.78, 5) is 17.5. The molecule has 1 aromatic heterocycles. The predicted octanol–water partition coefficient (Wildman–Crippen LogP) is 1.61. The second kappa shape index (κ2) is 6.98. The molecule has 0 saturated heterocycles. The lowest BCUT2D eigenvalue weighted by Gasteiger charge is -2.22. The highest BCUT2D eigenvalue weighted by atomic mass is 15.4. The highest BCUT2D eigenvalue weighted by Gasteiger charge is 2.12. The van der Waals surface area contributed by atoms with E-state index in [0.717, 1.165) is 32.1 Å². The average Bonchev–Trinajstić information content (AvgIpc) is 2.39. The van der Waals surface area contributed by atoms with Crippen molar-refractivity contribution in [1.82, 2.24) is 15.0 Å². The Labute approximate surface area is 109 Å². The van der Waals surface area contributed by atoms with Gasteiger partial charge in [0.2, 0.25) is 17.8 Å². The Bertz CT molecular complexity index is 364. The molecule has 0 radical (unpaired) electrons. The molecule has 0 aliphatic heterocycles. The molecule has 0 unspecified atom stereocenters. The van der Waals surface area contributed by atoms with E-state index < -0.39 is 0 Å². The molecule has 0 aromatic carbocycles. The molecular weight excluding hydrogens is 228 g/mol. The fraction of sp³-hybridized carbons (Fsp3) is 0.750. The zero-order valence-electron chi connectivity index (χ0n) is 12.1. The third-order valence-corrected chi connectivity index (χ3v) is 2.81. The molecule has 1 heterocycles. The number of nitrogens with one attached hydrogen (secondary N) is 1. The van der Waals surface area contributed by atoms with Crippen LogP contribution in [-0.4, -0.2) is 48.2 Å². The van der Waals surface area contributed by atoms with Crippen molar-refractivity contribution < 1.29 is 0 Å². The molecule has 1 aromatic rings. The Morgan fingerprint density at radius 1 is 0.889 bits per heavy atom. The van der Waals surface area contributed by atoms with Gasteiger partial charge in [-0.1, -0.05) is 0 Å². The lowest BCUT2D eigenvalue weighted by molar-refractivity contribution is 0.798. The largest absolute Gasteiger partial charge is 0.354 e. The lowest BCUT2D eigenvalue weighted by atomic mass is 10.5. The molecule has 0 saturated carbocycles. The first-order valence-corrected chi connectivity index (χ1v) is 6.62. The Morgan fingerprint density at radius 2 is 1.50 bits per heavy atom. The Hall–Kier alpha value is -1.59. The quantitative estimate of drug-likeness (QED) is 0.795. The molecule has 6 nitrogen and oxygen atoms in total. The minimum atomic E-state index is 0.643. The van der Waals surface area contributed by atoms with Gasteiger partial charge in [-0.25, -0.2) is 0 Å². The molecule has 0 fully saturated rings. The molecule has 1 N–H and O–H groups in total. The fourth-order valence-electron chi connectivity index (χ4n) is 1.55. The summed E-state index contributed by atoms with van der Waals surface area (Å²) in [5.74, 6) is 2.09. The van der Waals surface area contributed by atoms with Gasteiger partial charge in [0.15, 0.2) is 0 Å². The van der Waals surface area contributed by atoms with Gasteiger partial charge in [0.05, 0.1) is 0 Å². The Morgan fingerprint density at radius 3 is 2.00 bits per heavy atom. The van der Waals surface area contributed by atoms with Crippen molar-refractivity contribution in [1.29, 1.82) is 0 Å². The van der Waals surface area contributed by atoms with Gasteiger partial charge in [-0.2, -0.15) is 15.0 Å². The van der Waals surface area contributed by atoms with Gasteiger partial charge in [0.1, 0.15) is 0 Å². The van der Waals surface area contributed by atoms with E-state index in [4.69, 9.17) is 0 Å². The summed E-state index contributed by atoms with van der Waals surface area (Å²) in [5.41, 5.74) is 0. The SMILES string of the molecule is CCNc1nc(N(C)CC)nc(N(CC)CC)n1. The summed E-state index contributed by atoms with van der Waals surface area (Å²) in [7, 11) is 1.98. The van der Waals surface area contributed by atoms with Crippen LogP contribution in [0.25, 0.3) is 0 Å². The van der Waals surface area contributed by atoms with Crippen LogP contribution in [0.1, 0.15) is 27.7 Å². The third kappa shape index (κ3) is 3.45. The number of rotatable bonds is 7. The molecule has 0 aliphatic carbocycles. The summed E-state index contributed by atoms with van der Waals surface area (Å²) in [5, 5.41) is 3.15. The van der Waals surface area contributed by atoms with Gasteiger partial charge in [-0.3, -0.25) is 0 Å². The second-order valence-electron chi connectivity index (χ2n) is 3.98. The van der Waals surface area contributed by atoms with Crippen LogP contribution in [0.2, 0.25) is 0 Å². The first-order chi connectivity index (χ1) is 8.65. The summed E-state index contributed by atoms with van der Waals surface area (Å²) >= 11 is 0. The van der Waals surface area contributed by atoms with Crippen LogP contribution < -0.4 is 15.1 Å². The maximum absolute atomic E-state index is 4.52. The van der Waals surface area contributed by atoms with E-state index in [0.29, 0.717) is 11.9 Å². The van der Waals surface area contributed by atoms with Gasteiger partial charge in [-0.15, -0.1) is 0 Å². The summed E-state index contributed by atoms with van der Waals surface area (Å²) in [6.45, 7) is 11.8. The topological polar surface area (TPSA) is 57.2 Å². The van der Waals surface area contributed by atoms with Crippen molar-refractivity contribution in [3.63, 3.8) is 0 Å². The molecular formula is C12H24N6. The molecule has 102 valence electrons. The molecule has 0 bridgehead atoms. The number of hydrogen-bond acceptors (Lipinski definition) is 6. The first kappa shape index (κ1) is 14.5. The van der Waals surface area contributed by atoms with Crippen LogP contribution in [0.5, 0.6) is 0 Å². The number of aromatic nitrogens is 3. The van der Waals surface area contributed by atoms with Crippen molar-refractivity contribution in [3.05, 3.63) is 0 Å². The maximum atomic E-state index is 4.52. The zero-order valence-corrected chi connectivity index (χ0v) is 12.1. The van der Waals surface area contributed by atoms with E-state index in [2.05, 4.69) is 45.9 Å². The minimum Gasteiger partial charge on any atom is -0.354 e. The van der Waals surface area contributed by atoms with Crippen LogP contribution in [-0.2, 0) is 0 Å². The van der Waals surface area contributed by atoms with Crippen LogP contribution >= 0.6 is 0 Å². The Kier molecular flexibility index (Phi) is 5.61. The van der Waals surface area contributed by atoms with Crippen molar-refractivity contribution in [2.24, 2.45) is 0 Å². The van der Waals surface area contributed by atoms with Crippen molar-refractivity contribution in [3.8, 4) is 0 Å². The van der Waals surface area contributed by atoms with Crippen molar-refractivity contribution in [2.75, 3.05) is 48.3 Å². The molecule has 18 heavy (non-hydrogen) atoms. The summed E-state index contributed by atoms with van der Waals surface area (Å²) in [6.07, 6.45) is 0. The predicted molar refractivity (Wildman–Crippen MR) is 76.5 cm³/mol. The molecule has 1 rings (SSSR count). The minimum absolute atomic E-state index is 0.643. The van der Waals surface area contributed by atoms with Gasteiger partial charge in [0.25, 0.3) is 0 Å². The van der Waals surface area contributed by atoms with Crippen LogP contribution in [0.15, 0.2) is 0 Å². The summed E-state index contributed by atoms with van der Waals surface area (Å²) in [6, 6.07) is 0. The molecule has 0 atom stereocenters. The molecule has 0 spiro atoms. The van der Waals surface area contributed by atoms with Crippen LogP contribution in [0, 0.1) is 0 Å². The van der Waals surface area contributed by atoms with Crippen molar-refractivity contribution >= 4 is 17.8 Å². The average molecular weight is 252 g/mol. The maximum Gasteiger partial charge on any atom is 0.231 e. The van der Waals surface area contributed by atoms with Crippen LogP contribution in [0.3, 0.4) is 0 Å². The van der Waals surface area contributed by atoms with E-state index in [1.807, 2.05) is 18.9 Å². The van der Waals surface area contributed by atoms with Gasteiger partial charge < -0.3 is 15.1 Å². The second-order valence-corrected chi connectivity index (χ2v) is 3.98. The summed E-state index contributed by atoms with van der Waals surface area (Å²) < 4.78 is 0. The Balaban J connectivity index is 3.12. The van der Waals surface area contributed by atoms with Gasteiger partial charge >= 0.3 is 0 Å². The highest BCUT2D eigenvalue weighted by Crippen LogP contribution is 2.15. The van der Waals surface area contributed by atoms with Crippen molar-refractivity contribution in [2.45, 2.75) is 27.7 Å². The van der Waals surface area contributed by atoms with Gasteiger partial charge in [-0.05, 0) is 27.7 Å². The normalized spacial score (nSPS) is 10.3. The van der Waals surface area contributed by atoms with E-state index in [1.165, 1.54) is 0 Å². The van der Waals surface area contributed by atoms with E-state index in [-0.39, 0.29) is 0 Å². The highest BCUT2D eigenvalue weighted by molar-refractivity contribution is 5.44. The molecule has 0 amide bonds. The number of nitrogens with zero attached hydrogens (tertiary/aromatic N) is 5. The molecule has 0 aliphatic rings. The number of hydrogen-bond donors (Lipinski definition) is 1. The van der Waals surface area contributed by atoms with E-state index >= 15 is 0 Å². The lowest BCUT2D eigenvalue weighted by Crippen LogP contribution is -2.27. The van der Waals surface area contributed by atoms with E-state index in [1.54, 1.807) is 0 Å². The monoisotopic (exact) mass is 252 g/mol. The van der Waals surface area contributed by atoms with Crippen LogP contribution in [0.4, 0.5) is 17.8 Å². The fourth-order valence-corrected chi connectivity index (χ4v) is 1.55. The number of anilines is 3. The first-order valence-electron chi connectivity index (χ1n) is 6.62.